The molecule has 0 unspecified atom stereocenters. The average molecular weight is 276 g/mol. The van der Waals surface area contributed by atoms with Crippen molar-refractivity contribution in [1.82, 2.24) is 9.29 Å². The molecule has 7 nitrogen and oxygen atoms in total. The molecule has 0 fully saturated rings. The van der Waals surface area contributed by atoms with Gasteiger partial charge in [-0.05, 0) is 6.07 Å². The summed E-state index contributed by atoms with van der Waals surface area (Å²) in [5.41, 5.74) is 5.26. The molecule has 0 amide bonds. The lowest BCUT2D eigenvalue weighted by atomic mass is 10.5. The number of hydrogen-bond acceptors (Lipinski definition) is 5. The van der Waals surface area contributed by atoms with Gasteiger partial charge in [0.2, 0.25) is 10.0 Å². The van der Waals surface area contributed by atoms with E-state index >= 15 is 0 Å². The molecule has 9 heteroatoms. The van der Waals surface area contributed by atoms with Gasteiger partial charge in [0.25, 0.3) is 0 Å². The van der Waals surface area contributed by atoms with Gasteiger partial charge < -0.3 is 10.9 Å². The molecule has 18 heavy (non-hydrogen) atoms. The van der Waals surface area contributed by atoms with Gasteiger partial charge in [-0.1, -0.05) is 12.1 Å². The smallest absolute Gasteiger partial charge is 0.245 e. The van der Waals surface area contributed by atoms with Crippen LogP contribution in [0, 0.1) is 5.82 Å². The molecule has 1 rings (SSSR count). The second kappa shape index (κ2) is 5.74. The summed E-state index contributed by atoms with van der Waals surface area (Å²) in [5.74, 6) is -1.01. The topological polar surface area (TPSA) is 109 Å². The summed E-state index contributed by atoms with van der Waals surface area (Å²) in [6, 6.07) is 0.858. The van der Waals surface area contributed by atoms with Gasteiger partial charge in [-0.3, -0.25) is 4.98 Å². The van der Waals surface area contributed by atoms with Crippen LogP contribution in [0.15, 0.2) is 28.5 Å². The SMILES string of the molecule is CCN(CC(N)=NO)S(=O)(=O)c1cncc(F)c1. The molecule has 3 N–H and O–H groups in total. The van der Waals surface area contributed by atoms with E-state index in [0.29, 0.717) is 0 Å². The third-order valence-corrected chi connectivity index (χ3v) is 4.02. The van der Waals surface area contributed by atoms with Gasteiger partial charge in [0.15, 0.2) is 5.84 Å². The van der Waals surface area contributed by atoms with E-state index in [4.69, 9.17) is 10.9 Å². The van der Waals surface area contributed by atoms with Crippen molar-refractivity contribution in [3.8, 4) is 0 Å². The van der Waals surface area contributed by atoms with Crippen LogP contribution in [0.25, 0.3) is 0 Å². The van der Waals surface area contributed by atoms with Crippen LogP contribution in [0.1, 0.15) is 6.92 Å². The van der Waals surface area contributed by atoms with Crippen LogP contribution >= 0.6 is 0 Å². The highest BCUT2D eigenvalue weighted by atomic mass is 32.2. The number of amidine groups is 1. The van der Waals surface area contributed by atoms with Crippen LogP contribution in [-0.2, 0) is 10.0 Å². The summed E-state index contributed by atoms with van der Waals surface area (Å²) < 4.78 is 38.1. The number of oxime groups is 1. The molecule has 0 saturated carbocycles. The standard InChI is InChI=1S/C9H13FN4O3S/c1-2-14(6-9(11)13-15)18(16,17)8-3-7(10)4-12-5-8/h3-5,15H,2,6H2,1H3,(H2,11,13). The Bertz CT molecular complexity index is 546. The minimum atomic E-state index is -3.92. The minimum absolute atomic E-state index is 0.0923. The Labute approximate surface area is 104 Å². The van der Waals surface area contributed by atoms with Crippen LogP contribution in [0.4, 0.5) is 4.39 Å². The molecule has 0 bridgehead atoms. The molecule has 100 valence electrons. The van der Waals surface area contributed by atoms with Gasteiger partial charge in [-0.15, -0.1) is 0 Å². The van der Waals surface area contributed by atoms with E-state index in [1.807, 2.05) is 0 Å². The lowest BCUT2D eigenvalue weighted by Gasteiger charge is -2.19. The van der Waals surface area contributed by atoms with Gasteiger partial charge in [0.05, 0.1) is 12.7 Å². The maximum absolute atomic E-state index is 13.0. The zero-order valence-corrected chi connectivity index (χ0v) is 10.4. The summed E-state index contributed by atoms with van der Waals surface area (Å²) in [5, 5.41) is 11.1. The predicted molar refractivity (Wildman–Crippen MR) is 62.0 cm³/mol. The highest BCUT2D eigenvalue weighted by molar-refractivity contribution is 7.89. The third kappa shape index (κ3) is 3.14. The lowest BCUT2D eigenvalue weighted by Crippen LogP contribution is -2.38. The van der Waals surface area contributed by atoms with Gasteiger partial charge in [-0.25, -0.2) is 12.8 Å². The van der Waals surface area contributed by atoms with Gasteiger partial charge in [-0.2, -0.15) is 4.31 Å². The van der Waals surface area contributed by atoms with E-state index in [0.717, 1.165) is 22.8 Å². The Morgan fingerprint density at radius 1 is 1.61 bits per heavy atom. The zero-order valence-electron chi connectivity index (χ0n) is 9.62. The largest absolute Gasteiger partial charge is 0.409 e. The quantitative estimate of drug-likeness (QED) is 0.340. The van der Waals surface area contributed by atoms with Crippen molar-refractivity contribution in [2.75, 3.05) is 13.1 Å². The van der Waals surface area contributed by atoms with E-state index in [1.54, 1.807) is 6.92 Å². The first-order valence-corrected chi connectivity index (χ1v) is 6.43. The van der Waals surface area contributed by atoms with Crippen molar-refractivity contribution >= 4 is 15.9 Å². The van der Waals surface area contributed by atoms with Crippen molar-refractivity contribution in [2.45, 2.75) is 11.8 Å². The van der Waals surface area contributed by atoms with Crippen molar-refractivity contribution in [1.29, 1.82) is 0 Å². The van der Waals surface area contributed by atoms with Crippen molar-refractivity contribution in [2.24, 2.45) is 10.9 Å². The molecule has 1 heterocycles. The first-order chi connectivity index (χ1) is 8.41. The molecule has 0 aromatic carbocycles. The highest BCUT2D eigenvalue weighted by Gasteiger charge is 2.24. The normalized spacial score (nSPS) is 12.9. The molecule has 0 radical (unpaired) electrons. The first-order valence-electron chi connectivity index (χ1n) is 4.99. The van der Waals surface area contributed by atoms with E-state index in [9.17, 15) is 12.8 Å². The maximum Gasteiger partial charge on any atom is 0.245 e. The van der Waals surface area contributed by atoms with Crippen LogP contribution in [0.2, 0.25) is 0 Å². The number of pyridine rings is 1. The van der Waals surface area contributed by atoms with Gasteiger partial charge in [0, 0.05) is 12.7 Å². The van der Waals surface area contributed by atoms with Gasteiger partial charge in [0.1, 0.15) is 10.7 Å². The Hall–Kier alpha value is -1.74. The Kier molecular flexibility index (Phi) is 4.56. The fourth-order valence-electron chi connectivity index (χ4n) is 1.26. The number of aromatic nitrogens is 1. The number of halogens is 1. The van der Waals surface area contributed by atoms with E-state index in [2.05, 4.69) is 10.1 Å². The molecule has 0 saturated heterocycles. The number of nitrogens with two attached hydrogens (primary N) is 1. The van der Waals surface area contributed by atoms with Crippen LogP contribution < -0.4 is 5.73 Å². The van der Waals surface area contributed by atoms with Crippen molar-refractivity contribution in [3.05, 3.63) is 24.3 Å². The Morgan fingerprint density at radius 2 is 2.28 bits per heavy atom. The monoisotopic (exact) mass is 276 g/mol. The second-order valence-corrected chi connectivity index (χ2v) is 5.30. The first kappa shape index (κ1) is 14.3. The number of rotatable bonds is 5. The Balaban J connectivity index is 3.11. The molecule has 0 aliphatic rings. The van der Waals surface area contributed by atoms with Crippen molar-refractivity contribution < 1.29 is 18.0 Å². The molecule has 1 aromatic heterocycles. The number of hydrogen-bond donors (Lipinski definition) is 2. The van der Waals surface area contributed by atoms with Gasteiger partial charge >= 0.3 is 0 Å². The van der Waals surface area contributed by atoms with Crippen LogP contribution in [0.3, 0.4) is 0 Å². The number of sulfonamides is 1. The summed E-state index contributed by atoms with van der Waals surface area (Å²) >= 11 is 0. The summed E-state index contributed by atoms with van der Waals surface area (Å²) in [4.78, 5) is 3.19. The second-order valence-electron chi connectivity index (χ2n) is 3.36. The molecule has 0 aliphatic heterocycles. The molecular weight excluding hydrogens is 263 g/mol. The molecule has 1 aromatic rings. The summed E-state index contributed by atoms with van der Waals surface area (Å²) in [6.45, 7) is 1.38. The van der Waals surface area contributed by atoms with Crippen molar-refractivity contribution in [3.63, 3.8) is 0 Å². The zero-order chi connectivity index (χ0) is 13.8. The number of likely N-dealkylation sites (N-methyl/N-ethyl adjacent to an activating group) is 1. The Morgan fingerprint density at radius 3 is 2.78 bits per heavy atom. The molecule has 0 aliphatic carbocycles. The van der Waals surface area contributed by atoms with E-state index in [1.165, 1.54) is 0 Å². The average Bonchev–Trinajstić information content (AvgIpc) is 2.35. The predicted octanol–water partition coefficient (Wildman–Crippen LogP) is -0.0223. The minimum Gasteiger partial charge on any atom is -0.409 e. The lowest BCUT2D eigenvalue weighted by molar-refractivity contribution is 0.315. The highest BCUT2D eigenvalue weighted by Crippen LogP contribution is 2.14. The maximum atomic E-state index is 13.0. The fraction of sp³-hybridized carbons (Fsp3) is 0.333. The van der Waals surface area contributed by atoms with Crippen LogP contribution in [-0.4, -0.2) is 41.8 Å². The fourth-order valence-corrected chi connectivity index (χ4v) is 2.66. The van der Waals surface area contributed by atoms with E-state index < -0.39 is 15.8 Å². The molecule has 0 spiro atoms. The molecular formula is C9H13FN4O3S. The molecule has 0 atom stereocenters. The number of nitrogens with zero attached hydrogens (tertiary/aromatic N) is 3. The summed E-state index contributed by atoms with van der Waals surface area (Å²) in [6.07, 6.45) is 1.94. The third-order valence-electron chi connectivity index (χ3n) is 2.14. The van der Waals surface area contributed by atoms with Crippen LogP contribution in [0.5, 0.6) is 0 Å². The summed E-state index contributed by atoms with van der Waals surface area (Å²) in [7, 11) is -3.92. The van der Waals surface area contributed by atoms with E-state index in [-0.39, 0.29) is 23.8 Å².